The van der Waals surface area contributed by atoms with Gasteiger partial charge in [-0.25, -0.2) is 0 Å². The Bertz CT molecular complexity index is 757. The van der Waals surface area contributed by atoms with Crippen LogP contribution in [0.3, 0.4) is 0 Å². The lowest BCUT2D eigenvalue weighted by Crippen LogP contribution is -2.11. The first-order valence-corrected chi connectivity index (χ1v) is 7.78. The summed E-state index contributed by atoms with van der Waals surface area (Å²) in [6.07, 6.45) is 1.03. The average molecular weight is 372 g/mol. The topological polar surface area (TPSA) is 78.6 Å². The van der Waals surface area contributed by atoms with Gasteiger partial charge < -0.3 is 13.9 Å². The summed E-state index contributed by atoms with van der Waals surface area (Å²) in [5.74, 6) is -0.204. The molecule has 1 heterocycles. The van der Waals surface area contributed by atoms with Crippen LogP contribution in [0.15, 0.2) is 22.8 Å². The van der Waals surface area contributed by atoms with Crippen molar-refractivity contribution in [2.75, 3.05) is 20.3 Å². The van der Waals surface area contributed by atoms with E-state index in [0.29, 0.717) is 30.1 Å². The maximum absolute atomic E-state index is 12.3. The summed E-state index contributed by atoms with van der Waals surface area (Å²) in [4.78, 5) is 27.9. The Labute approximate surface area is 148 Å². The Morgan fingerprint density at radius 3 is 2.58 bits per heavy atom. The van der Waals surface area contributed by atoms with Crippen LogP contribution < -0.4 is 4.74 Å². The minimum absolute atomic E-state index is 0.0660. The largest absolute Gasteiger partial charge is 0.490 e. The predicted molar refractivity (Wildman–Crippen MR) is 88.4 cm³/mol. The van der Waals surface area contributed by atoms with Gasteiger partial charge in [-0.3, -0.25) is 9.59 Å². The number of halogens is 2. The lowest BCUT2D eigenvalue weighted by molar-refractivity contribution is 0.0987. The molecular weight excluding hydrogens is 357 g/mol. The molecule has 0 aliphatic carbocycles. The van der Waals surface area contributed by atoms with Gasteiger partial charge in [0.15, 0.2) is 11.6 Å². The van der Waals surface area contributed by atoms with Crippen molar-refractivity contribution in [2.45, 2.75) is 13.3 Å². The highest BCUT2D eigenvalue weighted by Gasteiger charge is 2.21. The van der Waals surface area contributed by atoms with E-state index in [2.05, 4.69) is 4.98 Å². The number of rotatable bonds is 8. The standard InChI is InChI=1S/C16H15Cl2NO5/c1-9(20)10-3-4-14(23-6-5-22-2)15(17)11(10)7-13(21)12-8-24-16(18)19-12/h3-4,8H,5-7H2,1-2H3. The minimum atomic E-state index is -0.371. The molecule has 24 heavy (non-hydrogen) atoms. The molecule has 0 atom stereocenters. The molecule has 0 N–H and O–H groups in total. The molecule has 0 saturated heterocycles. The minimum Gasteiger partial charge on any atom is -0.490 e. The predicted octanol–water partition coefficient (Wildman–Crippen LogP) is 3.63. The number of methoxy groups -OCH3 is 1. The van der Waals surface area contributed by atoms with Gasteiger partial charge in [-0.1, -0.05) is 11.6 Å². The van der Waals surface area contributed by atoms with Gasteiger partial charge in [0, 0.05) is 19.1 Å². The number of carbonyl (C=O) groups excluding carboxylic acids is 2. The van der Waals surface area contributed by atoms with E-state index in [4.69, 9.17) is 37.1 Å². The monoisotopic (exact) mass is 371 g/mol. The van der Waals surface area contributed by atoms with Gasteiger partial charge in [-0.05, 0) is 36.2 Å². The van der Waals surface area contributed by atoms with E-state index in [0.717, 1.165) is 6.26 Å². The maximum Gasteiger partial charge on any atom is 0.292 e. The summed E-state index contributed by atoms with van der Waals surface area (Å²) in [6, 6.07) is 3.17. The quantitative estimate of drug-likeness (QED) is 0.520. The smallest absolute Gasteiger partial charge is 0.292 e. The van der Waals surface area contributed by atoms with Crippen LogP contribution in [-0.4, -0.2) is 36.9 Å². The molecule has 0 bridgehead atoms. The van der Waals surface area contributed by atoms with Crippen LogP contribution in [0, 0.1) is 0 Å². The second kappa shape index (κ2) is 8.28. The molecule has 0 fully saturated rings. The summed E-state index contributed by atoms with van der Waals surface area (Å²) >= 11 is 11.9. The third kappa shape index (κ3) is 4.35. The van der Waals surface area contributed by atoms with Gasteiger partial charge in [0.25, 0.3) is 5.35 Å². The molecule has 2 aromatic rings. The Morgan fingerprint density at radius 2 is 2.00 bits per heavy atom. The molecule has 8 heteroatoms. The van der Waals surface area contributed by atoms with Crippen molar-refractivity contribution in [2.24, 2.45) is 0 Å². The lowest BCUT2D eigenvalue weighted by Gasteiger charge is -2.13. The van der Waals surface area contributed by atoms with Gasteiger partial charge in [0.2, 0.25) is 0 Å². The van der Waals surface area contributed by atoms with Crippen molar-refractivity contribution in [3.63, 3.8) is 0 Å². The molecule has 0 saturated carbocycles. The van der Waals surface area contributed by atoms with E-state index in [1.807, 2.05) is 0 Å². The number of aromatic nitrogens is 1. The summed E-state index contributed by atoms with van der Waals surface area (Å²) < 4.78 is 15.2. The van der Waals surface area contributed by atoms with Crippen molar-refractivity contribution in [3.05, 3.63) is 45.6 Å². The zero-order valence-corrected chi connectivity index (χ0v) is 14.6. The number of ether oxygens (including phenoxy) is 2. The van der Waals surface area contributed by atoms with E-state index in [1.54, 1.807) is 19.2 Å². The van der Waals surface area contributed by atoms with Crippen LogP contribution in [0.2, 0.25) is 10.4 Å². The molecule has 1 aromatic carbocycles. The third-order valence-corrected chi connectivity index (χ3v) is 3.82. The summed E-state index contributed by atoms with van der Waals surface area (Å²) in [7, 11) is 1.55. The molecule has 0 amide bonds. The number of oxazole rings is 1. The molecule has 0 spiro atoms. The Morgan fingerprint density at radius 1 is 1.25 bits per heavy atom. The van der Waals surface area contributed by atoms with E-state index < -0.39 is 0 Å². The van der Waals surface area contributed by atoms with E-state index >= 15 is 0 Å². The SMILES string of the molecule is COCCOc1ccc(C(C)=O)c(CC(=O)c2coc(Cl)n2)c1Cl. The van der Waals surface area contributed by atoms with Crippen LogP contribution >= 0.6 is 23.2 Å². The first-order valence-electron chi connectivity index (χ1n) is 7.02. The number of carbonyl (C=O) groups is 2. The number of benzene rings is 1. The average Bonchev–Trinajstić information content (AvgIpc) is 2.97. The lowest BCUT2D eigenvalue weighted by atomic mass is 9.98. The first kappa shape index (κ1) is 18.4. The van der Waals surface area contributed by atoms with Crippen molar-refractivity contribution in [1.29, 1.82) is 0 Å². The molecule has 6 nitrogen and oxygen atoms in total. The highest BCUT2D eigenvalue weighted by atomic mass is 35.5. The fourth-order valence-electron chi connectivity index (χ4n) is 2.08. The number of Topliss-reactive ketones (excluding diaryl/α,β-unsaturated/α-hetero) is 2. The molecule has 0 aliphatic heterocycles. The van der Waals surface area contributed by atoms with E-state index in [9.17, 15) is 9.59 Å². The van der Waals surface area contributed by atoms with Crippen LogP contribution in [0.1, 0.15) is 33.3 Å². The number of nitrogens with zero attached hydrogens (tertiary/aromatic N) is 1. The molecule has 0 unspecified atom stereocenters. The Balaban J connectivity index is 2.32. The van der Waals surface area contributed by atoms with Crippen LogP contribution in [0.5, 0.6) is 5.75 Å². The van der Waals surface area contributed by atoms with E-state index in [-0.39, 0.29) is 34.1 Å². The fraction of sp³-hybridized carbons (Fsp3) is 0.312. The zero-order valence-electron chi connectivity index (χ0n) is 13.1. The highest BCUT2D eigenvalue weighted by molar-refractivity contribution is 6.33. The maximum atomic E-state index is 12.3. The number of hydrogen-bond acceptors (Lipinski definition) is 6. The second-order valence-electron chi connectivity index (χ2n) is 4.89. The van der Waals surface area contributed by atoms with Crippen LogP contribution in [-0.2, 0) is 11.2 Å². The highest BCUT2D eigenvalue weighted by Crippen LogP contribution is 2.32. The summed E-state index contributed by atoms with van der Waals surface area (Å²) in [5, 5.41) is 0.0784. The molecule has 128 valence electrons. The molecule has 1 aromatic heterocycles. The summed E-state index contributed by atoms with van der Waals surface area (Å²) in [6.45, 7) is 2.08. The fourth-order valence-corrected chi connectivity index (χ4v) is 2.50. The Hall–Kier alpha value is -1.89. The van der Waals surface area contributed by atoms with Crippen molar-refractivity contribution in [3.8, 4) is 5.75 Å². The molecule has 0 aliphatic rings. The van der Waals surface area contributed by atoms with Crippen molar-refractivity contribution < 1.29 is 23.5 Å². The van der Waals surface area contributed by atoms with Crippen molar-refractivity contribution >= 4 is 34.8 Å². The first-order chi connectivity index (χ1) is 11.4. The van der Waals surface area contributed by atoms with Crippen LogP contribution in [0.25, 0.3) is 0 Å². The summed E-state index contributed by atoms with van der Waals surface area (Å²) in [5.41, 5.74) is 0.793. The Kier molecular flexibility index (Phi) is 6.36. The molecule has 2 rings (SSSR count). The zero-order chi connectivity index (χ0) is 17.7. The molecular formula is C16H15Cl2NO5. The van der Waals surface area contributed by atoms with Gasteiger partial charge in [-0.2, -0.15) is 4.98 Å². The van der Waals surface area contributed by atoms with Crippen LogP contribution in [0.4, 0.5) is 0 Å². The van der Waals surface area contributed by atoms with E-state index in [1.165, 1.54) is 6.92 Å². The second-order valence-corrected chi connectivity index (χ2v) is 5.59. The number of hydrogen-bond donors (Lipinski definition) is 0. The van der Waals surface area contributed by atoms with Crippen molar-refractivity contribution in [1.82, 2.24) is 4.98 Å². The van der Waals surface area contributed by atoms with Gasteiger partial charge in [0.05, 0.1) is 11.6 Å². The molecule has 0 radical (unpaired) electrons. The third-order valence-electron chi connectivity index (χ3n) is 3.23. The normalized spacial score (nSPS) is 10.7. The number of ketones is 2. The van der Waals surface area contributed by atoms with Gasteiger partial charge in [-0.15, -0.1) is 0 Å². The van der Waals surface area contributed by atoms with Gasteiger partial charge in [0.1, 0.15) is 24.3 Å². The van der Waals surface area contributed by atoms with Gasteiger partial charge >= 0.3 is 0 Å².